The largest absolute Gasteiger partial charge is 0.465 e. The van der Waals surface area contributed by atoms with E-state index < -0.39 is 24.1 Å². The highest BCUT2D eigenvalue weighted by Gasteiger charge is 2.34. The van der Waals surface area contributed by atoms with Gasteiger partial charge in [0.15, 0.2) is 0 Å². The normalized spacial score (nSPS) is 19.2. The summed E-state index contributed by atoms with van der Waals surface area (Å²) in [4.78, 5) is 27.3. The molecule has 148 valence electrons. The first-order valence-corrected chi connectivity index (χ1v) is 8.93. The molecule has 0 aliphatic carbocycles. The number of benzene rings is 1. The Kier molecular flexibility index (Phi) is 5.68. The average Bonchev–Trinajstić information content (AvgIpc) is 3.03. The summed E-state index contributed by atoms with van der Waals surface area (Å²) in [7, 11) is 1.39. The van der Waals surface area contributed by atoms with Crippen LogP contribution in [0.4, 0.5) is 25.4 Å². The maximum absolute atomic E-state index is 14.7. The Morgan fingerprint density at radius 3 is 2.79 bits per heavy atom. The number of likely N-dealkylation sites (N-methyl/N-ethyl adjacent to an activating group) is 1. The summed E-state index contributed by atoms with van der Waals surface area (Å²) < 4.78 is 19.9. The molecule has 3 rings (SSSR count). The second-order valence-corrected chi connectivity index (χ2v) is 6.83. The van der Waals surface area contributed by atoms with Crippen LogP contribution in [-0.2, 0) is 4.74 Å². The van der Waals surface area contributed by atoms with E-state index in [1.165, 1.54) is 18.0 Å². The number of carboxylic acid groups (broad SMARTS) is 1. The van der Waals surface area contributed by atoms with Gasteiger partial charge in [-0.05, 0) is 31.0 Å². The number of nitrogens with zero attached hydrogens (tertiary/aromatic N) is 4. The standard InChI is InChI=1S/C19H21FN4O4/c1-22(18(25)26)11-15-12-24(19(27)28-15)14-2-3-17(16(20)10-14)23-8-5-13(4-7-21)6-9-23/h2-4,10,15H,5-6,8-9,11-12H2,1H3,(H,25,26)/t15-/m0/s1. The Morgan fingerprint density at radius 1 is 1.46 bits per heavy atom. The third-order valence-corrected chi connectivity index (χ3v) is 4.94. The van der Waals surface area contributed by atoms with Crippen LogP contribution in [0.1, 0.15) is 12.8 Å². The molecule has 0 saturated carbocycles. The lowest BCUT2D eigenvalue weighted by atomic mass is 10.0. The molecule has 2 aliphatic heterocycles. The summed E-state index contributed by atoms with van der Waals surface area (Å²) in [6.07, 6.45) is 0.634. The fourth-order valence-electron chi connectivity index (χ4n) is 3.40. The zero-order valence-electron chi connectivity index (χ0n) is 15.5. The quantitative estimate of drug-likeness (QED) is 0.797. The fourth-order valence-corrected chi connectivity index (χ4v) is 3.40. The van der Waals surface area contributed by atoms with Gasteiger partial charge in [-0.25, -0.2) is 14.0 Å². The number of cyclic esters (lactones) is 1. The maximum atomic E-state index is 14.7. The number of halogens is 1. The van der Waals surface area contributed by atoms with Gasteiger partial charge in [-0.1, -0.05) is 5.57 Å². The first-order valence-electron chi connectivity index (χ1n) is 8.93. The smallest absolute Gasteiger partial charge is 0.414 e. The van der Waals surface area contributed by atoms with E-state index in [1.807, 2.05) is 11.0 Å². The van der Waals surface area contributed by atoms with E-state index in [0.717, 1.165) is 10.5 Å². The van der Waals surface area contributed by atoms with Crippen LogP contribution in [0.3, 0.4) is 0 Å². The summed E-state index contributed by atoms with van der Waals surface area (Å²) >= 11 is 0. The van der Waals surface area contributed by atoms with Crippen molar-refractivity contribution in [3.63, 3.8) is 0 Å². The number of anilines is 2. The Labute approximate surface area is 162 Å². The second-order valence-electron chi connectivity index (χ2n) is 6.83. The van der Waals surface area contributed by atoms with Crippen molar-refractivity contribution in [3.05, 3.63) is 35.7 Å². The van der Waals surface area contributed by atoms with Gasteiger partial charge in [0.1, 0.15) is 11.9 Å². The van der Waals surface area contributed by atoms with Crippen molar-refractivity contribution in [3.8, 4) is 6.07 Å². The second kappa shape index (κ2) is 8.17. The molecular weight excluding hydrogens is 367 g/mol. The lowest BCUT2D eigenvalue weighted by molar-refractivity contribution is 0.106. The van der Waals surface area contributed by atoms with Gasteiger partial charge in [0, 0.05) is 26.2 Å². The van der Waals surface area contributed by atoms with Crippen molar-refractivity contribution < 1.29 is 23.8 Å². The number of allylic oxidation sites excluding steroid dienone is 1. The number of hydrogen-bond donors (Lipinski definition) is 1. The van der Waals surface area contributed by atoms with Gasteiger partial charge in [0.25, 0.3) is 0 Å². The number of piperidine rings is 1. The van der Waals surface area contributed by atoms with E-state index in [1.54, 1.807) is 18.2 Å². The molecule has 1 aromatic carbocycles. The van der Waals surface area contributed by atoms with Gasteiger partial charge in [-0.2, -0.15) is 5.26 Å². The first-order chi connectivity index (χ1) is 13.4. The van der Waals surface area contributed by atoms with Gasteiger partial charge in [0.05, 0.1) is 30.5 Å². The minimum Gasteiger partial charge on any atom is -0.465 e. The van der Waals surface area contributed by atoms with Crippen LogP contribution in [0, 0.1) is 17.1 Å². The number of carbonyl (C=O) groups is 2. The number of nitriles is 1. The molecular formula is C19H21FN4O4. The highest BCUT2D eigenvalue weighted by atomic mass is 19.1. The monoisotopic (exact) mass is 388 g/mol. The van der Waals surface area contributed by atoms with Crippen molar-refractivity contribution in [2.24, 2.45) is 0 Å². The predicted octanol–water partition coefficient (Wildman–Crippen LogP) is 2.81. The molecule has 9 heteroatoms. The molecule has 2 aliphatic rings. The van der Waals surface area contributed by atoms with Crippen molar-refractivity contribution in [2.45, 2.75) is 18.9 Å². The van der Waals surface area contributed by atoms with E-state index in [-0.39, 0.29) is 13.1 Å². The third kappa shape index (κ3) is 4.17. The molecule has 28 heavy (non-hydrogen) atoms. The number of rotatable bonds is 4. The molecule has 0 unspecified atom stereocenters. The highest BCUT2D eigenvalue weighted by molar-refractivity contribution is 5.90. The van der Waals surface area contributed by atoms with Gasteiger partial charge in [0.2, 0.25) is 0 Å². The predicted molar refractivity (Wildman–Crippen MR) is 99.8 cm³/mol. The van der Waals surface area contributed by atoms with E-state index in [4.69, 9.17) is 15.1 Å². The first kappa shape index (κ1) is 19.5. The van der Waals surface area contributed by atoms with Crippen LogP contribution >= 0.6 is 0 Å². The molecule has 2 saturated heterocycles. The highest BCUT2D eigenvalue weighted by Crippen LogP contribution is 2.30. The number of amides is 2. The Hall–Kier alpha value is -3.28. The van der Waals surface area contributed by atoms with Gasteiger partial charge < -0.3 is 19.6 Å². The van der Waals surface area contributed by atoms with Crippen LogP contribution in [0.5, 0.6) is 0 Å². The van der Waals surface area contributed by atoms with Crippen LogP contribution in [-0.4, -0.2) is 61.5 Å². The molecule has 0 radical (unpaired) electrons. The van der Waals surface area contributed by atoms with Crippen LogP contribution in [0.2, 0.25) is 0 Å². The molecule has 1 aromatic rings. The summed E-state index contributed by atoms with van der Waals surface area (Å²) in [5.41, 5.74) is 1.89. The average molecular weight is 388 g/mol. The van der Waals surface area contributed by atoms with E-state index in [9.17, 15) is 14.0 Å². The fraction of sp³-hybridized carbons (Fsp3) is 0.421. The van der Waals surface area contributed by atoms with Crippen LogP contribution in [0.25, 0.3) is 0 Å². The summed E-state index contributed by atoms with van der Waals surface area (Å²) in [6.45, 7) is 1.45. The van der Waals surface area contributed by atoms with Crippen LogP contribution in [0.15, 0.2) is 29.8 Å². The Balaban J connectivity index is 1.67. The molecule has 0 bridgehead atoms. The third-order valence-electron chi connectivity index (χ3n) is 4.94. The topological polar surface area (TPSA) is 97.1 Å². The zero-order valence-corrected chi connectivity index (χ0v) is 15.5. The van der Waals surface area contributed by atoms with Crippen molar-refractivity contribution in [1.82, 2.24) is 4.90 Å². The minimum atomic E-state index is -1.11. The molecule has 0 aromatic heterocycles. The summed E-state index contributed by atoms with van der Waals surface area (Å²) in [5, 5.41) is 17.6. The molecule has 1 atom stereocenters. The van der Waals surface area contributed by atoms with Gasteiger partial charge >= 0.3 is 12.2 Å². The Morgan fingerprint density at radius 2 is 2.18 bits per heavy atom. The molecule has 0 spiro atoms. The molecule has 8 nitrogen and oxygen atoms in total. The molecule has 2 fully saturated rings. The summed E-state index contributed by atoms with van der Waals surface area (Å²) in [5.74, 6) is -0.441. The molecule has 2 heterocycles. The molecule has 2 amide bonds. The molecule has 1 N–H and O–H groups in total. The van der Waals surface area contributed by atoms with Crippen molar-refractivity contribution >= 4 is 23.6 Å². The van der Waals surface area contributed by atoms with Gasteiger partial charge in [-0.15, -0.1) is 0 Å². The van der Waals surface area contributed by atoms with Crippen molar-refractivity contribution in [1.29, 1.82) is 5.26 Å². The number of carbonyl (C=O) groups excluding carboxylic acids is 1. The van der Waals surface area contributed by atoms with Gasteiger partial charge in [-0.3, -0.25) is 4.90 Å². The minimum absolute atomic E-state index is 0.0461. The van der Waals surface area contributed by atoms with E-state index in [2.05, 4.69) is 0 Å². The number of hydrogen-bond acceptors (Lipinski definition) is 5. The SMILES string of the molecule is CN(C[C@H]1CN(c2ccc(N3CCC(=CC#N)CC3)c(F)c2)C(=O)O1)C(=O)O. The van der Waals surface area contributed by atoms with Crippen molar-refractivity contribution in [2.75, 3.05) is 43.0 Å². The van der Waals surface area contributed by atoms with E-state index >= 15 is 0 Å². The summed E-state index contributed by atoms with van der Waals surface area (Å²) in [6, 6.07) is 6.61. The van der Waals surface area contributed by atoms with Crippen LogP contribution < -0.4 is 9.80 Å². The zero-order chi connectivity index (χ0) is 20.3. The lowest BCUT2D eigenvalue weighted by Crippen LogP contribution is -2.35. The Bertz CT molecular complexity index is 841. The number of ether oxygens (including phenoxy) is 1. The lowest BCUT2D eigenvalue weighted by Gasteiger charge is -2.30. The van der Waals surface area contributed by atoms with E-state index in [0.29, 0.717) is 37.3 Å². The maximum Gasteiger partial charge on any atom is 0.414 e.